The van der Waals surface area contributed by atoms with Gasteiger partial charge in [-0.05, 0) is 5.56 Å². The molecule has 0 fully saturated rings. The Hall–Kier alpha value is -1.61. The van der Waals surface area contributed by atoms with E-state index in [-0.39, 0.29) is 6.61 Å². The van der Waals surface area contributed by atoms with Gasteiger partial charge in [-0.3, -0.25) is 0 Å². The normalized spacial score (nSPS) is 10.4. The Morgan fingerprint density at radius 1 is 1.29 bits per heavy atom. The summed E-state index contributed by atoms with van der Waals surface area (Å²) in [5, 5.41) is 8.87. The van der Waals surface area contributed by atoms with Crippen LogP contribution in [-0.2, 0) is 6.61 Å². The minimum Gasteiger partial charge on any atom is -0.449 e. The van der Waals surface area contributed by atoms with Crippen LogP contribution >= 0.6 is 0 Å². The van der Waals surface area contributed by atoms with Gasteiger partial charge in [0.2, 0.25) is 0 Å². The van der Waals surface area contributed by atoms with Crippen LogP contribution in [-0.4, -0.2) is 10.1 Å². The summed E-state index contributed by atoms with van der Waals surface area (Å²) in [5.74, 6) is 0.659. The third-order valence-electron chi connectivity index (χ3n) is 2.05. The molecule has 0 radical (unpaired) electrons. The van der Waals surface area contributed by atoms with Crippen LogP contribution in [0.15, 0.2) is 34.9 Å². The summed E-state index contributed by atoms with van der Waals surface area (Å²) >= 11 is 0. The summed E-state index contributed by atoms with van der Waals surface area (Å²) in [7, 11) is 0. The van der Waals surface area contributed by atoms with Gasteiger partial charge in [-0.25, -0.2) is 4.98 Å². The zero-order valence-corrected chi connectivity index (χ0v) is 7.90. The SMILES string of the molecule is Cc1nc(-c2ccc(CO)cc2)co1. The maximum atomic E-state index is 8.87. The lowest BCUT2D eigenvalue weighted by molar-refractivity contribution is 0.282. The maximum Gasteiger partial charge on any atom is 0.191 e. The molecule has 0 saturated heterocycles. The van der Waals surface area contributed by atoms with Gasteiger partial charge in [0.1, 0.15) is 12.0 Å². The number of oxazole rings is 1. The Labute approximate surface area is 82.0 Å². The van der Waals surface area contributed by atoms with E-state index in [0.717, 1.165) is 16.8 Å². The summed E-state index contributed by atoms with van der Waals surface area (Å²) in [6, 6.07) is 7.59. The van der Waals surface area contributed by atoms with Crippen LogP contribution in [0.3, 0.4) is 0 Å². The van der Waals surface area contributed by atoms with E-state index < -0.39 is 0 Å². The van der Waals surface area contributed by atoms with Crippen molar-refractivity contribution in [3.05, 3.63) is 42.0 Å². The molecule has 14 heavy (non-hydrogen) atoms. The van der Waals surface area contributed by atoms with E-state index in [2.05, 4.69) is 4.98 Å². The zero-order chi connectivity index (χ0) is 9.97. The van der Waals surface area contributed by atoms with E-state index in [1.165, 1.54) is 0 Å². The molecule has 3 nitrogen and oxygen atoms in total. The first-order chi connectivity index (χ1) is 6.79. The molecule has 2 aromatic rings. The van der Waals surface area contributed by atoms with Gasteiger partial charge in [0.25, 0.3) is 0 Å². The predicted octanol–water partition coefficient (Wildman–Crippen LogP) is 2.14. The number of hydrogen-bond acceptors (Lipinski definition) is 3. The molecule has 2 rings (SSSR count). The highest BCUT2D eigenvalue weighted by molar-refractivity contribution is 5.58. The van der Waals surface area contributed by atoms with Crippen LogP contribution in [0.1, 0.15) is 11.5 Å². The predicted molar refractivity (Wildman–Crippen MR) is 52.6 cm³/mol. The molecule has 0 aliphatic carbocycles. The van der Waals surface area contributed by atoms with E-state index in [1.807, 2.05) is 31.2 Å². The van der Waals surface area contributed by atoms with Crippen molar-refractivity contribution in [2.24, 2.45) is 0 Å². The average Bonchev–Trinajstić information content (AvgIpc) is 2.65. The quantitative estimate of drug-likeness (QED) is 0.787. The van der Waals surface area contributed by atoms with Crippen LogP contribution in [0, 0.1) is 6.92 Å². The van der Waals surface area contributed by atoms with Crippen molar-refractivity contribution < 1.29 is 9.52 Å². The Balaban J connectivity index is 2.33. The van der Waals surface area contributed by atoms with E-state index >= 15 is 0 Å². The Morgan fingerprint density at radius 2 is 2.00 bits per heavy atom. The Kier molecular flexibility index (Phi) is 2.33. The number of benzene rings is 1. The molecule has 0 atom stereocenters. The summed E-state index contributed by atoms with van der Waals surface area (Å²) < 4.78 is 5.11. The second-order valence-corrected chi connectivity index (χ2v) is 3.11. The molecular formula is C11H11NO2. The number of aryl methyl sites for hydroxylation is 1. The monoisotopic (exact) mass is 189 g/mol. The molecule has 0 aliphatic heterocycles. The van der Waals surface area contributed by atoms with Crippen molar-refractivity contribution in [3.8, 4) is 11.3 Å². The fourth-order valence-electron chi connectivity index (χ4n) is 1.28. The van der Waals surface area contributed by atoms with Gasteiger partial charge in [-0.15, -0.1) is 0 Å². The lowest BCUT2D eigenvalue weighted by Gasteiger charge is -1.97. The molecule has 1 aromatic heterocycles. The molecule has 1 N–H and O–H groups in total. The van der Waals surface area contributed by atoms with Crippen molar-refractivity contribution in [2.75, 3.05) is 0 Å². The minimum atomic E-state index is 0.0676. The molecule has 3 heteroatoms. The van der Waals surface area contributed by atoms with Gasteiger partial charge in [0.15, 0.2) is 5.89 Å². The Morgan fingerprint density at radius 3 is 2.50 bits per heavy atom. The van der Waals surface area contributed by atoms with Crippen LogP contribution in [0.4, 0.5) is 0 Å². The van der Waals surface area contributed by atoms with Gasteiger partial charge in [-0.1, -0.05) is 24.3 Å². The summed E-state index contributed by atoms with van der Waals surface area (Å²) in [4.78, 5) is 4.21. The number of aliphatic hydroxyl groups is 1. The first-order valence-corrected chi connectivity index (χ1v) is 4.42. The number of rotatable bonds is 2. The third-order valence-corrected chi connectivity index (χ3v) is 2.05. The highest BCUT2D eigenvalue weighted by atomic mass is 16.3. The van der Waals surface area contributed by atoms with E-state index in [4.69, 9.17) is 9.52 Å². The topological polar surface area (TPSA) is 46.3 Å². The van der Waals surface area contributed by atoms with Crippen molar-refractivity contribution >= 4 is 0 Å². The molecule has 0 amide bonds. The first kappa shape index (κ1) is 8.97. The summed E-state index contributed by atoms with van der Waals surface area (Å²) in [5.41, 5.74) is 2.72. The molecule has 1 heterocycles. The molecule has 1 aromatic carbocycles. The van der Waals surface area contributed by atoms with Gasteiger partial charge < -0.3 is 9.52 Å². The highest BCUT2D eigenvalue weighted by Gasteiger charge is 2.02. The van der Waals surface area contributed by atoms with Gasteiger partial charge in [0, 0.05) is 12.5 Å². The van der Waals surface area contributed by atoms with Crippen molar-refractivity contribution in [3.63, 3.8) is 0 Å². The van der Waals surface area contributed by atoms with Crippen LogP contribution < -0.4 is 0 Å². The third kappa shape index (κ3) is 1.67. The largest absolute Gasteiger partial charge is 0.449 e. The Bertz CT molecular complexity index is 417. The second-order valence-electron chi connectivity index (χ2n) is 3.11. The molecule has 0 aliphatic rings. The number of nitrogens with zero attached hydrogens (tertiary/aromatic N) is 1. The van der Waals surface area contributed by atoms with Gasteiger partial charge >= 0.3 is 0 Å². The molecule has 0 unspecified atom stereocenters. The lowest BCUT2D eigenvalue weighted by atomic mass is 10.1. The highest BCUT2D eigenvalue weighted by Crippen LogP contribution is 2.18. The first-order valence-electron chi connectivity index (χ1n) is 4.42. The number of aromatic nitrogens is 1. The van der Waals surface area contributed by atoms with E-state index in [1.54, 1.807) is 6.26 Å². The molecule has 0 bridgehead atoms. The standard InChI is InChI=1S/C11H11NO2/c1-8-12-11(7-14-8)10-4-2-9(6-13)3-5-10/h2-5,7,13H,6H2,1H3. The second kappa shape index (κ2) is 3.64. The summed E-state index contributed by atoms with van der Waals surface area (Å²) in [6.45, 7) is 1.88. The van der Waals surface area contributed by atoms with Gasteiger partial charge in [-0.2, -0.15) is 0 Å². The van der Waals surface area contributed by atoms with Crippen molar-refractivity contribution in [1.29, 1.82) is 0 Å². The molecule has 72 valence electrons. The van der Waals surface area contributed by atoms with Crippen LogP contribution in [0.2, 0.25) is 0 Å². The molecule has 0 spiro atoms. The van der Waals surface area contributed by atoms with Crippen molar-refractivity contribution in [2.45, 2.75) is 13.5 Å². The number of hydrogen-bond donors (Lipinski definition) is 1. The smallest absolute Gasteiger partial charge is 0.191 e. The zero-order valence-electron chi connectivity index (χ0n) is 7.90. The number of aliphatic hydroxyl groups excluding tert-OH is 1. The average molecular weight is 189 g/mol. The fraction of sp³-hybridized carbons (Fsp3) is 0.182. The summed E-state index contributed by atoms with van der Waals surface area (Å²) in [6.07, 6.45) is 1.63. The van der Waals surface area contributed by atoms with E-state index in [0.29, 0.717) is 5.89 Å². The molecular weight excluding hydrogens is 178 g/mol. The van der Waals surface area contributed by atoms with Crippen molar-refractivity contribution in [1.82, 2.24) is 4.98 Å². The van der Waals surface area contributed by atoms with Gasteiger partial charge in [0.05, 0.1) is 6.61 Å². The van der Waals surface area contributed by atoms with E-state index in [9.17, 15) is 0 Å². The lowest BCUT2D eigenvalue weighted by Crippen LogP contribution is -1.83. The maximum absolute atomic E-state index is 8.87. The van der Waals surface area contributed by atoms with Crippen LogP contribution in [0.25, 0.3) is 11.3 Å². The van der Waals surface area contributed by atoms with Crippen LogP contribution in [0.5, 0.6) is 0 Å². The molecule has 0 saturated carbocycles. The fourth-order valence-corrected chi connectivity index (χ4v) is 1.28. The minimum absolute atomic E-state index is 0.0676.